The standard InChI is InChI=1S/C6H5.2C2H4O2.Hg/c1-2-4-6-5-3-1;2*1-2(3)4;/h1-5H;2*1H3,(H,3,4);/q;;;+1/p-1. The van der Waals surface area contributed by atoms with Crippen molar-refractivity contribution in [2.45, 2.75) is 13.8 Å². The minimum atomic E-state index is -1.08. The molecule has 1 aromatic carbocycles. The van der Waals surface area contributed by atoms with Crippen molar-refractivity contribution in [3.05, 3.63) is 30.3 Å². The van der Waals surface area contributed by atoms with Crippen LogP contribution in [0.5, 0.6) is 0 Å². The molecule has 1 rings (SSSR count). The number of carbonyl (C=O) groups excluding carboxylic acids is 1. The summed E-state index contributed by atoms with van der Waals surface area (Å²) >= 11 is 0.810. The van der Waals surface area contributed by atoms with Gasteiger partial charge in [-0.3, -0.25) is 4.79 Å². The summed E-state index contributed by atoms with van der Waals surface area (Å²) in [4.78, 5) is 17.9. The van der Waals surface area contributed by atoms with E-state index in [1.165, 1.54) is 3.07 Å². The van der Waals surface area contributed by atoms with Crippen molar-refractivity contribution in [1.82, 2.24) is 0 Å². The molecule has 0 saturated carbocycles. The van der Waals surface area contributed by atoms with E-state index in [2.05, 4.69) is 30.3 Å². The van der Waals surface area contributed by atoms with Gasteiger partial charge in [0.05, 0.1) is 0 Å². The average Bonchev–Trinajstić information content (AvgIpc) is 2.03. The second-order valence-corrected chi connectivity index (χ2v) is 5.67. The fraction of sp³-hybridized carbons (Fsp3) is 0.200. The van der Waals surface area contributed by atoms with E-state index in [1.54, 1.807) is 0 Å². The predicted octanol–water partition coefficient (Wildman–Crippen LogP) is -0.294. The number of carbonyl (C=O) groups is 2. The molecule has 4 nitrogen and oxygen atoms in total. The molecule has 0 aliphatic rings. The van der Waals surface area contributed by atoms with Crippen molar-refractivity contribution in [2.75, 3.05) is 0 Å². The second kappa shape index (κ2) is 11.2. The van der Waals surface area contributed by atoms with Gasteiger partial charge in [0, 0.05) is 12.9 Å². The SMILES string of the molecule is CC(=O)O.CC(=O)[O-].[Hg+][c]1ccccc1. The Balaban J connectivity index is 0. The van der Waals surface area contributed by atoms with Gasteiger partial charge in [-0.15, -0.1) is 0 Å². The van der Waals surface area contributed by atoms with Crippen LogP contribution in [0.1, 0.15) is 13.8 Å². The molecule has 0 spiro atoms. The molecule has 0 amide bonds. The molecular weight excluding hydrogens is 385 g/mol. The van der Waals surface area contributed by atoms with Crippen molar-refractivity contribution in [3.63, 3.8) is 0 Å². The molecule has 0 aliphatic heterocycles. The van der Waals surface area contributed by atoms with Gasteiger partial charge in [0.25, 0.3) is 5.97 Å². The number of aliphatic carboxylic acids is 2. The van der Waals surface area contributed by atoms with Gasteiger partial charge in [0.2, 0.25) is 0 Å². The van der Waals surface area contributed by atoms with Gasteiger partial charge < -0.3 is 15.0 Å². The third kappa shape index (κ3) is 32.0. The Labute approximate surface area is 105 Å². The van der Waals surface area contributed by atoms with Crippen LogP contribution >= 0.6 is 0 Å². The first-order valence-corrected chi connectivity index (χ1v) is 6.85. The first-order valence-electron chi connectivity index (χ1n) is 4.10. The van der Waals surface area contributed by atoms with Crippen molar-refractivity contribution in [1.29, 1.82) is 0 Å². The summed E-state index contributed by atoms with van der Waals surface area (Å²) in [6.07, 6.45) is 0. The molecule has 5 heteroatoms. The zero-order valence-corrected chi connectivity index (χ0v) is 14.3. The summed E-state index contributed by atoms with van der Waals surface area (Å²) in [6, 6.07) is 10.6. The van der Waals surface area contributed by atoms with Crippen molar-refractivity contribution < 1.29 is 45.9 Å². The third-order valence-electron chi connectivity index (χ3n) is 0.843. The van der Waals surface area contributed by atoms with Crippen LogP contribution in [0.4, 0.5) is 0 Å². The van der Waals surface area contributed by atoms with Gasteiger partial charge in [0.1, 0.15) is 0 Å². The van der Waals surface area contributed by atoms with Crippen LogP contribution in [0.3, 0.4) is 0 Å². The summed E-state index contributed by atoms with van der Waals surface area (Å²) in [5, 5.41) is 16.3. The summed E-state index contributed by atoms with van der Waals surface area (Å²) in [7, 11) is 0. The first-order chi connectivity index (χ1) is 6.86. The van der Waals surface area contributed by atoms with Gasteiger partial charge >= 0.3 is 59.5 Å². The molecule has 1 aromatic rings. The summed E-state index contributed by atoms with van der Waals surface area (Å²) in [5.74, 6) is -1.92. The van der Waals surface area contributed by atoms with Crippen LogP contribution in [0, 0.1) is 0 Å². The van der Waals surface area contributed by atoms with E-state index in [-0.39, 0.29) is 0 Å². The van der Waals surface area contributed by atoms with E-state index >= 15 is 0 Å². The van der Waals surface area contributed by atoms with Gasteiger partial charge in [0.15, 0.2) is 0 Å². The van der Waals surface area contributed by atoms with E-state index in [0.717, 1.165) is 40.0 Å². The zero-order chi connectivity index (χ0) is 12.3. The normalized spacial score (nSPS) is 7.47. The molecule has 0 unspecified atom stereocenters. The van der Waals surface area contributed by atoms with Crippen molar-refractivity contribution >= 4 is 15.0 Å². The van der Waals surface area contributed by atoms with Crippen LogP contribution in [-0.2, 0) is 35.7 Å². The molecule has 78 valence electrons. The molecule has 0 atom stereocenters. The molecule has 0 saturated heterocycles. The number of hydrogen-bond donors (Lipinski definition) is 1. The van der Waals surface area contributed by atoms with E-state index in [9.17, 15) is 0 Å². The molecule has 15 heavy (non-hydrogen) atoms. The Hall–Kier alpha value is -0.905. The Morgan fingerprint density at radius 1 is 1.20 bits per heavy atom. The summed E-state index contributed by atoms with van der Waals surface area (Å²) in [5.41, 5.74) is 0. The maximum atomic E-state index is 9.00. The van der Waals surface area contributed by atoms with Crippen LogP contribution in [0.2, 0.25) is 0 Å². The molecule has 1 N–H and O–H groups in total. The summed E-state index contributed by atoms with van der Waals surface area (Å²) in [6.45, 7) is 2.06. The van der Waals surface area contributed by atoms with Crippen LogP contribution in [0.25, 0.3) is 0 Å². The van der Waals surface area contributed by atoms with Crippen molar-refractivity contribution in [2.24, 2.45) is 0 Å². The monoisotopic (exact) mass is 398 g/mol. The van der Waals surface area contributed by atoms with Crippen molar-refractivity contribution in [3.8, 4) is 0 Å². The van der Waals surface area contributed by atoms with Crippen LogP contribution in [0.15, 0.2) is 30.3 Å². The van der Waals surface area contributed by atoms with E-state index in [1.807, 2.05) is 0 Å². The molecule has 0 aliphatic carbocycles. The second-order valence-electron chi connectivity index (χ2n) is 2.50. The van der Waals surface area contributed by atoms with Crippen LogP contribution in [-0.4, -0.2) is 17.0 Å². The van der Waals surface area contributed by atoms with Gasteiger partial charge in [-0.25, -0.2) is 0 Å². The molecular formula is C10H12HgO4. The van der Waals surface area contributed by atoms with Gasteiger partial charge in [-0.05, 0) is 6.92 Å². The maximum absolute atomic E-state index is 9.00. The van der Waals surface area contributed by atoms with E-state index in [0.29, 0.717) is 0 Å². The molecule has 0 aromatic heterocycles. The number of carboxylic acids is 2. The molecule has 0 heterocycles. The molecule has 0 radical (unpaired) electrons. The Morgan fingerprint density at radius 3 is 1.60 bits per heavy atom. The Kier molecular flexibility index (Phi) is 12.3. The van der Waals surface area contributed by atoms with E-state index < -0.39 is 11.9 Å². The van der Waals surface area contributed by atoms with Crippen LogP contribution < -0.4 is 8.18 Å². The molecule has 0 fully saturated rings. The topological polar surface area (TPSA) is 77.4 Å². The summed E-state index contributed by atoms with van der Waals surface area (Å²) < 4.78 is 1.52. The number of carboxylic acid groups (broad SMARTS) is 2. The third-order valence-corrected chi connectivity index (χ3v) is 2.68. The predicted molar refractivity (Wildman–Crippen MR) is 50.1 cm³/mol. The molecule has 0 bridgehead atoms. The fourth-order valence-electron chi connectivity index (χ4n) is 0.478. The van der Waals surface area contributed by atoms with Gasteiger partial charge in [-0.1, -0.05) is 0 Å². The quantitative estimate of drug-likeness (QED) is 0.611. The first kappa shape index (κ1) is 16.5. The minimum absolute atomic E-state index is 0.810. The van der Waals surface area contributed by atoms with Gasteiger partial charge in [-0.2, -0.15) is 0 Å². The number of benzene rings is 1. The zero-order valence-electron chi connectivity index (χ0n) is 8.77. The average molecular weight is 397 g/mol. The Bertz CT molecular complexity index is 265. The Morgan fingerprint density at radius 2 is 1.47 bits per heavy atom. The van der Waals surface area contributed by atoms with E-state index in [4.69, 9.17) is 19.8 Å². The number of hydrogen-bond acceptors (Lipinski definition) is 3. The number of rotatable bonds is 0. The fourth-order valence-corrected chi connectivity index (χ4v) is 1.54.